The molecule has 0 spiro atoms. The molecule has 2 amide bonds. The topological polar surface area (TPSA) is 148 Å². The minimum Gasteiger partial charge on any atom is -0.480 e. The number of amides is 2. The third-order valence-electron chi connectivity index (χ3n) is 2.03. The molecule has 0 saturated carbocycles. The van der Waals surface area contributed by atoms with E-state index in [-0.39, 0.29) is 5.69 Å². The number of carboxylic acids is 1. The second-order valence-corrected chi connectivity index (χ2v) is 3.51. The molecular formula is C10H12N4O4. The van der Waals surface area contributed by atoms with Gasteiger partial charge in [0.1, 0.15) is 11.7 Å². The van der Waals surface area contributed by atoms with Crippen LogP contribution in [0, 0.1) is 0 Å². The zero-order chi connectivity index (χ0) is 13.7. The van der Waals surface area contributed by atoms with Crippen LogP contribution in [0.3, 0.4) is 0 Å². The molecule has 0 aliphatic rings. The average Bonchev–Trinajstić information content (AvgIpc) is 2.28. The summed E-state index contributed by atoms with van der Waals surface area (Å²) in [4.78, 5) is 36.8. The number of pyridine rings is 1. The molecule has 8 heteroatoms. The molecule has 0 aliphatic heterocycles. The number of nitrogens with one attached hydrogen (secondary N) is 1. The Kier molecular flexibility index (Phi) is 4.19. The van der Waals surface area contributed by atoms with Crippen LogP contribution in [0.15, 0.2) is 18.3 Å². The Balaban J connectivity index is 2.75. The third-order valence-corrected chi connectivity index (χ3v) is 2.03. The number of carboxylic acid groups (broad SMARTS) is 1. The van der Waals surface area contributed by atoms with E-state index in [0.717, 1.165) is 0 Å². The van der Waals surface area contributed by atoms with E-state index >= 15 is 0 Å². The summed E-state index contributed by atoms with van der Waals surface area (Å²) in [5, 5.41) is 10.9. The lowest BCUT2D eigenvalue weighted by Crippen LogP contribution is -2.43. The van der Waals surface area contributed by atoms with Gasteiger partial charge < -0.3 is 21.9 Å². The van der Waals surface area contributed by atoms with E-state index in [9.17, 15) is 14.4 Å². The fourth-order valence-corrected chi connectivity index (χ4v) is 1.17. The van der Waals surface area contributed by atoms with E-state index < -0.39 is 30.2 Å². The number of carbonyl (C=O) groups excluding carboxylic acids is 2. The van der Waals surface area contributed by atoms with Crippen LogP contribution in [-0.4, -0.2) is 33.9 Å². The Morgan fingerprint density at radius 2 is 2.06 bits per heavy atom. The Morgan fingerprint density at radius 3 is 2.50 bits per heavy atom. The number of hydrogen-bond donors (Lipinski definition) is 4. The highest BCUT2D eigenvalue weighted by atomic mass is 16.4. The van der Waals surface area contributed by atoms with E-state index in [2.05, 4.69) is 10.3 Å². The molecule has 1 heterocycles. The first-order valence-electron chi connectivity index (χ1n) is 4.93. The summed E-state index contributed by atoms with van der Waals surface area (Å²) < 4.78 is 0. The highest BCUT2D eigenvalue weighted by Crippen LogP contribution is 2.02. The Bertz CT molecular complexity index is 471. The molecular weight excluding hydrogens is 240 g/mol. The molecule has 0 radical (unpaired) electrons. The lowest BCUT2D eigenvalue weighted by atomic mass is 10.2. The number of hydrogen-bond acceptors (Lipinski definition) is 5. The second kappa shape index (κ2) is 5.62. The van der Waals surface area contributed by atoms with Crippen LogP contribution in [0.1, 0.15) is 16.9 Å². The van der Waals surface area contributed by atoms with Crippen LogP contribution in [0.25, 0.3) is 0 Å². The number of aliphatic carboxylic acids is 1. The molecule has 96 valence electrons. The second-order valence-electron chi connectivity index (χ2n) is 3.51. The predicted octanol–water partition coefficient (Wildman–Crippen LogP) is -1.28. The molecule has 0 fully saturated rings. The fraction of sp³-hybridized carbons (Fsp3) is 0.200. The van der Waals surface area contributed by atoms with E-state index in [0.29, 0.717) is 5.69 Å². The number of nitrogen functional groups attached to an aromatic ring is 1. The van der Waals surface area contributed by atoms with Gasteiger partial charge in [-0.3, -0.25) is 9.59 Å². The molecule has 6 N–H and O–H groups in total. The van der Waals surface area contributed by atoms with Gasteiger partial charge in [0.15, 0.2) is 0 Å². The molecule has 0 unspecified atom stereocenters. The maximum Gasteiger partial charge on any atom is 0.326 e. The van der Waals surface area contributed by atoms with Crippen molar-refractivity contribution in [1.29, 1.82) is 0 Å². The van der Waals surface area contributed by atoms with Gasteiger partial charge in [-0.1, -0.05) is 0 Å². The van der Waals surface area contributed by atoms with Gasteiger partial charge in [-0.15, -0.1) is 0 Å². The maximum absolute atomic E-state index is 11.6. The van der Waals surface area contributed by atoms with E-state index in [1.54, 1.807) is 0 Å². The summed E-state index contributed by atoms with van der Waals surface area (Å²) in [6, 6.07) is 1.41. The first kappa shape index (κ1) is 13.4. The summed E-state index contributed by atoms with van der Waals surface area (Å²) in [6.07, 6.45) is 0.773. The van der Waals surface area contributed by atoms with Crippen molar-refractivity contribution in [3.8, 4) is 0 Å². The van der Waals surface area contributed by atoms with E-state index in [4.69, 9.17) is 16.6 Å². The first-order chi connectivity index (χ1) is 8.40. The van der Waals surface area contributed by atoms with Crippen LogP contribution >= 0.6 is 0 Å². The minimum atomic E-state index is -1.38. The normalized spacial score (nSPS) is 11.6. The quantitative estimate of drug-likeness (QED) is 0.513. The summed E-state index contributed by atoms with van der Waals surface area (Å²) >= 11 is 0. The van der Waals surface area contributed by atoms with Gasteiger partial charge in [0, 0.05) is 0 Å². The summed E-state index contributed by atoms with van der Waals surface area (Å²) in [6.45, 7) is 0. The molecule has 1 rings (SSSR count). The number of nitrogens with two attached hydrogens (primary N) is 2. The first-order valence-corrected chi connectivity index (χ1v) is 4.93. The number of nitrogens with zero attached hydrogens (tertiary/aromatic N) is 1. The van der Waals surface area contributed by atoms with Crippen LogP contribution < -0.4 is 16.8 Å². The summed E-state index contributed by atoms with van der Waals surface area (Å²) in [7, 11) is 0. The number of aromatic nitrogens is 1. The molecule has 0 saturated heterocycles. The van der Waals surface area contributed by atoms with Crippen molar-refractivity contribution in [2.24, 2.45) is 5.73 Å². The van der Waals surface area contributed by atoms with Gasteiger partial charge in [-0.05, 0) is 12.1 Å². The SMILES string of the molecule is NC(=O)C[C@@H](NC(=O)c1ccc(N)cn1)C(=O)O. The number of carbonyl (C=O) groups is 3. The minimum absolute atomic E-state index is 0.0000737. The van der Waals surface area contributed by atoms with Crippen LogP contribution in [0.5, 0.6) is 0 Å². The number of anilines is 1. The van der Waals surface area contributed by atoms with Gasteiger partial charge >= 0.3 is 5.97 Å². The van der Waals surface area contributed by atoms with Crippen molar-refractivity contribution >= 4 is 23.5 Å². The fourth-order valence-electron chi connectivity index (χ4n) is 1.17. The molecule has 1 aromatic heterocycles. The summed E-state index contributed by atoms with van der Waals surface area (Å²) in [5.41, 5.74) is 10.6. The average molecular weight is 252 g/mol. The van der Waals surface area contributed by atoms with E-state index in [1.165, 1.54) is 18.3 Å². The van der Waals surface area contributed by atoms with Gasteiger partial charge in [-0.2, -0.15) is 0 Å². The van der Waals surface area contributed by atoms with Gasteiger partial charge in [-0.25, -0.2) is 9.78 Å². The van der Waals surface area contributed by atoms with Crippen molar-refractivity contribution in [2.45, 2.75) is 12.5 Å². The van der Waals surface area contributed by atoms with Crippen molar-refractivity contribution in [1.82, 2.24) is 10.3 Å². The standard InChI is InChI=1S/C10H12N4O4/c11-5-1-2-6(13-4-5)9(16)14-7(10(17)18)3-8(12)15/h1-2,4,7H,3,11H2,(H2,12,15)(H,14,16)(H,17,18)/t7-/m1/s1. The highest BCUT2D eigenvalue weighted by molar-refractivity contribution is 5.96. The third kappa shape index (κ3) is 3.74. The molecule has 18 heavy (non-hydrogen) atoms. The predicted molar refractivity (Wildman–Crippen MR) is 61.4 cm³/mol. The Morgan fingerprint density at radius 1 is 1.39 bits per heavy atom. The lowest BCUT2D eigenvalue weighted by Gasteiger charge is -2.12. The van der Waals surface area contributed by atoms with Crippen molar-refractivity contribution < 1.29 is 19.5 Å². The molecule has 1 aromatic rings. The largest absolute Gasteiger partial charge is 0.480 e. The van der Waals surface area contributed by atoms with E-state index in [1.807, 2.05) is 0 Å². The molecule has 0 bridgehead atoms. The van der Waals surface area contributed by atoms with Crippen molar-refractivity contribution in [2.75, 3.05) is 5.73 Å². The number of primary amides is 1. The van der Waals surface area contributed by atoms with Gasteiger partial charge in [0.2, 0.25) is 5.91 Å². The Hall–Kier alpha value is -2.64. The lowest BCUT2D eigenvalue weighted by molar-refractivity contribution is -0.140. The van der Waals surface area contributed by atoms with Crippen LogP contribution in [0.2, 0.25) is 0 Å². The highest BCUT2D eigenvalue weighted by Gasteiger charge is 2.23. The van der Waals surface area contributed by atoms with Crippen molar-refractivity contribution in [3.05, 3.63) is 24.0 Å². The van der Waals surface area contributed by atoms with Gasteiger partial charge in [0.25, 0.3) is 5.91 Å². The van der Waals surface area contributed by atoms with Crippen LogP contribution in [0.4, 0.5) is 5.69 Å². The van der Waals surface area contributed by atoms with Gasteiger partial charge in [0.05, 0.1) is 18.3 Å². The zero-order valence-corrected chi connectivity index (χ0v) is 9.29. The van der Waals surface area contributed by atoms with Crippen LogP contribution in [-0.2, 0) is 9.59 Å². The molecule has 1 atom stereocenters. The monoisotopic (exact) mass is 252 g/mol. The smallest absolute Gasteiger partial charge is 0.326 e. The Labute approximate surface area is 102 Å². The maximum atomic E-state index is 11.6. The molecule has 0 aromatic carbocycles. The van der Waals surface area contributed by atoms with Crippen molar-refractivity contribution in [3.63, 3.8) is 0 Å². The molecule has 0 aliphatic carbocycles. The molecule has 8 nitrogen and oxygen atoms in total. The summed E-state index contributed by atoms with van der Waals surface area (Å²) in [5.74, 6) is -2.89. The number of rotatable bonds is 5. The zero-order valence-electron chi connectivity index (χ0n) is 9.29.